The summed E-state index contributed by atoms with van der Waals surface area (Å²) in [6, 6.07) is 6.35. The Hall–Kier alpha value is -0.890. The van der Waals surface area contributed by atoms with Gasteiger partial charge >= 0.3 is 0 Å². The average molecular weight is 235 g/mol. The third-order valence-electron chi connectivity index (χ3n) is 3.93. The standard InChI is InChI=1S/C15H22FN/c1-11(2)17-8-6-13(7-9-17)14-5-4-12(3)15(16)10-14/h4-5,10-11,13H,6-9H2,1-3H3. The van der Waals surface area contributed by atoms with Crippen LogP contribution in [0.1, 0.15) is 43.7 Å². The molecule has 0 spiro atoms. The zero-order chi connectivity index (χ0) is 12.4. The van der Waals surface area contributed by atoms with E-state index in [2.05, 4.69) is 24.8 Å². The van der Waals surface area contributed by atoms with E-state index >= 15 is 0 Å². The molecule has 1 fully saturated rings. The van der Waals surface area contributed by atoms with Gasteiger partial charge in [0.25, 0.3) is 0 Å². The Morgan fingerprint density at radius 3 is 2.41 bits per heavy atom. The van der Waals surface area contributed by atoms with Crippen LogP contribution in [0.3, 0.4) is 0 Å². The number of halogens is 1. The van der Waals surface area contributed by atoms with Crippen molar-refractivity contribution in [3.63, 3.8) is 0 Å². The zero-order valence-electron chi connectivity index (χ0n) is 11.0. The maximum Gasteiger partial charge on any atom is 0.126 e. The molecule has 0 aliphatic carbocycles. The predicted octanol–water partition coefficient (Wildman–Crippen LogP) is 3.72. The van der Waals surface area contributed by atoms with Crippen molar-refractivity contribution >= 4 is 0 Å². The molecule has 1 aromatic carbocycles. The fraction of sp³-hybridized carbons (Fsp3) is 0.600. The molecule has 0 radical (unpaired) electrons. The van der Waals surface area contributed by atoms with E-state index in [1.807, 2.05) is 13.0 Å². The van der Waals surface area contributed by atoms with E-state index in [9.17, 15) is 4.39 Å². The Morgan fingerprint density at radius 2 is 1.88 bits per heavy atom. The van der Waals surface area contributed by atoms with Crippen LogP contribution in [0.4, 0.5) is 4.39 Å². The Bertz CT molecular complexity index is 379. The molecule has 1 aromatic rings. The lowest BCUT2D eigenvalue weighted by Crippen LogP contribution is -2.37. The molecular weight excluding hydrogens is 213 g/mol. The molecular formula is C15H22FN. The van der Waals surface area contributed by atoms with Crippen molar-refractivity contribution in [2.24, 2.45) is 0 Å². The van der Waals surface area contributed by atoms with Gasteiger partial charge in [0.2, 0.25) is 0 Å². The first-order valence-electron chi connectivity index (χ1n) is 6.58. The fourth-order valence-electron chi connectivity index (χ4n) is 2.61. The summed E-state index contributed by atoms with van der Waals surface area (Å²) in [5.74, 6) is 0.480. The van der Waals surface area contributed by atoms with Crippen LogP contribution in [0, 0.1) is 12.7 Å². The summed E-state index contributed by atoms with van der Waals surface area (Å²) in [4.78, 5) is 2.50. The van der Waals surface area contributed by atoms with Crippen molar-refractivity contribution in [2.45, 2.75) is 45.6 Å². The van der Waals surface area contributed by atoms with Gasteiger partial charge in [-0.1, -0.05) is 12.1 Å². The smallest absolute Gasteiger partial charge is 0.126 e. The number of likely N-dealkylation sites (tertiary alicyclic amines) is 1. The van der Waals surface area contributed by atoms with Crippen molar-refractivity contribution in [3.05, 3.63) is 35.1 Å². The summed E-state index contributed by atoms with van der Waals surface area (Å²) in [6.45, 7) is 8.58. The van der Waals surface area contributed by atoms with Gasteiger partial charge in [-0.3, -0.25) is 0 Å². The number of aryl methyl sites for hydroxylation is 1. The van der Waals surface area contributed by atoms with Gasteiger partial charge in [0.05, 0.1) is 0 Å². The van der Waals surface area contributed by atoms with Gasteiger partial charge < -0.3 is 4.90 Å². The molecule has 1 heterocycles. The normalized spacial score (nSPS) is 18.9. The minimum absolute atomic E-state index is 0.0613. The highest BCUT2D eigenvalue weighted by atomic mass is 19.1. The topological polar surface area (TPSA) is 3.24 Å². The lowest BCUT2D eigenvalue weighted by Gasteiger charge is -2.34. The van der Waals surface area contributed by atoms with Crippen LogP contribution in [-0.2, 0) is 0 Å². The highest BCUT2D eigenvalue weighted by Gasteiger charge is 2.22. The molecule has 1 nitrogen and oxygen atoms in total. The summed E-state index contributed by atoms with van der Waals surface area (Å²) in [5.41, 5.74) is 1.92. The molecule has 1 aliphatic heterocycles. The van der Waals surface area contributed by atoms with Gasteiger partial charge in [-0.05, 0) is 69.8 Å². The molecule has 1 saturated heterocycles. The second-order valence-corrected chi connectivity index (χ2v) is 5.41. The van der Waals surface area contributed by atoms with Crippen molar-refractivity contribution < 1.29 is 4.39 Å². The quantitative estimate of drug-likeness (QED) is 0.755. The minimum atomic E-state index is -0.0613. The molecule has 0 atom stereocenters. The van der Waals surface area contributed by atoms with Crippen molar-refractivity contribution in [2.75, 3.05) is 13.1 Å². The number of hydrogen-bond acceptors (Lipinski definition) is 1. The molecule has 2 heteroatoms. The second-order valence-electron chi connectivity index (χ2n) is 5.41. The first kappa shape index (κ1) is 12.6. The van der Waals surface area contributed by atoms with Crippen molar-refractivity contribution in [1.29, 1.82) is 0 Å². The van der Waals surface area contributed by atoms with E-state index in [0.717, 1.165) is 31.5 Å². The van der Waals surface area contributed by atoms with Gasteiger partial charge in [0, 0.05) is 6.04 Å². The average Bonchev–Trinajstić information content (AvgIpc) is 2.33. The van der Waals surface area contributed by atoms with E-state index in [0.29, 0.717) is 12.0 Å². The van der Waals surface area contributed by atoms with Crippen molar-refractivity contribution in [1.82, 2.24) is 4.90 Å². The highest BCUT2D eigenvalue weighted by Crippen LogP contribution is 2.29. The Labute approximate surface area is 104 Å². The van der Waals surface area contributed by atoms with Crippen LogP contribution in [-0.4, -0.2) is 24.0 Å². The summed E-state index contributed by atoms with van der Waals surface area (Å²) < 4.78 is 13.5. The monoisotopic (exact) mass is 235 g/mol. The van der Waals surface area contributed by atoms with Gasteiger partial charge in [-0.15, -0.1) is 0 Å². The summed E-state index contributed by atoms with van der Waals surface area (Å²) in [7, 11) is 0. The molecule has 0 saturated carbocycles. The second kappa shape index (κ2) is 5.18. The third-order valence-corrected chi connectivity index (χ3v) is 3.93. The van der Waals surface area contributed by atoms with Gasteiger partial charge in [-0.25, -0.2) is 4.39 Å². The largest absolute Gasteiger partial charge is 0.301 e. The summed E-state index contributed by atoms with van der Waals surface area (Å²) in [5, 5.41) is 0. The van der Waals surface area contributed by atoms with E-state index in [-0.39, 0.29) is 5.82 Å². The molecule has 1 aliphatic rings. The van der Waals surface area contributed by atoms with Crippen LogP contribution < -0.4 is 0 Å². The van der Waals surface area contributed by atoms with Crippen LogP contribution in [0.25, 0.3) is 0 Å². The summed E-state index contributed by atoms with van der Waals surface area (Å²) in [6.07, 6.45) is 2.31. The lowest BCUT2D eigenvalue weighted by atomic mass is 9.88. The lowest BCUT2D eigenvalue weighted by molar-refractivity contribution is 0.172. The highest BCUT2D eigenvalue weighted by molar-refractivity contribution is 5.26. The Kier molecular flexibility index (Phi) is 3.82. The number of benzene rings is 1. The first-order chi connectivity index (χ1) is 8.08. The zero-order valence-corrected chi connectivity index (χ0v) is 11.0. The first-order valence-corrected chi connectivity index (χ1v) is 6.58. The van der Waals surface area contributed by atoms with E-state index < -0.39 is 0 Å². The maximum absolute atomic E-state index is 13.5. The number of rotatable bonds is 2. The minimum Gasteiger partial charge on any atom is -0.301 e. The van der Waals surface area contributed by atoms with Gasteiger partial charge in [0.1, 0.15) is 5.82 Å². The molecule has 2 rings (SSSR count). The van der Waals surface area contributed by atoms with E-state index in [4.69, 9.17) is 0 Å². The number of nitrogens with zero attached hydrogens (tertiary/aromatic N) is 1. The molecule has 94 valence electrons. The van der Waals surface area contributed by atoms with Crippen LogP contribution >= 0.6 is 0 Å². The SMILES string of the molecule is Cc1ccc(C2CCN(C(C)C)CC2)cc1F. The molecule has 0 aromatic heterocycles. The molecule has 0 N–H and O–H groups in total. The maximum atomic E-state index is 13.5. The van der Waals surface area contributed by atoms with E-state index in [1.165, 1.54) is 5.56 Å². The Balaban J connectivity index is 2.03. The summed E-state index contributed by atoms with van der Waals surface area (Å²) >= 11 is 0. The third kappa shape index (κ3) is 2.86. The van der Waals surface area contributed by atoms with Crippen LogP contribution in [0.15, 0.2) is 18.2 Å². The fourth-order valence-corrected chi connectivity index (χ4v) is 2.61. The van der Waals surface area contributed by atoms with Gasteiger partial charge in [-0.2, -0.15) is 0 Å². The van der Waals surface area contributed by atoms with Crippen LogP contribution in [0.2, 0.25) is 0 Å². The number of hydrogen-bond donors (Lipinski definition) is 0. The van der Waals surface area contributed by atoms with Gasteiger partial charge in [0.15, 0.2) is 0 Å². The number of piperidine rings is 1. The predicted molar refractivity (Wildman–Crippen MR) is 69.8 cm³/mol. The Morgan fingerprint density at radius 1 is 1.24 bits per heavy atom. The molecule has 0 bridgehead atoms. The van der Waals surface area contributed by atoms with E-state index in [1.54, 1.807) is 6.07 Å². The molecule has 0 amide bonds. The molecule has 0 unspecified atom stereocenters. The van der Waals surface area contributed by atoms with Crippen molar-refractivity contribution in [3.8, 4) is 0 Å². The van der Waals surface area contributed by atoms with Crippen LogP contribution in [0.5, 0.6) is 0 Å². The molecule has 17 heavy (non-hydrogen) atoms.